The number of carboxylic acids is 1. The Morgan fingerprint density at radius 3 is 2.62 bits per heavy atom. The fraction of sp³-hybridized carbons (Fsp3) is 0.727. The van der Waals surface area contributed by atoms with Crippen LogP contribution in [0.1, 0.15) is 39.0 Å². The number of carbonyl (C=O) groups excluding carboxylic acids is 1. The van der Waals surface area contributed by atoms with Gasteiger partial charge in [-0.05, 0) is 18.8 Å². The van der Waals surface area contributed by atoms with Crippen molar-refractivity contribution in [3.05, 3.63) is 0 Å². The second kappa shape index (κ2) is 8.72. The van der Waals surface area contributed by atoms with Crippen LogP contribution in [0.25, 0.3) is 0 Å². The first kappa shape index (κ1) is 14.4. The Hall–Kier alpha value is -1.57. The van der Waals surface area contributed by atoms with Gasteiger partial charge < -0.3 is 10.4 Å². The maximum Gasteiger partial charge on any atom is 0.303 e. The van der Waals surface area contributed by atoms with Gasteiger partial charge in [0.05, 0.1) is 6.07 Å². The van der Waals surface area contributed by atoms with E-state index in [1.165, 1.54) is 0 Å². The van der Waals surface area contributed by atoms with Gasteiger partial charge in [0.25, 0.3) is 0 Å². The molecule has 0 aromatic carbocycles. The molecular weight excluding hydrogens is 208 g/mol. The SMILES string of the molecule is CC(CC(=O)O)CC(=O)NCCCCC#N. The van der Waals surface area contributed by atoms with E-state index in [0.717, 1.165) is 12.8 Å². The average molecular weight is 226 g/mol. The highest BCUT2D eigenvalue weighted by molar-refractivity contribution is 5.77. The van der Waals surface area contributed by atoms with Crippen molar-refractivity contribution >= 4 is 11.9 Å². The molecule has 0 heterocycles. The molecule has 0 bridgehead atoms. The van der Waals surface area contributed by atoms with Crippen LogP contribution in [0.5, 0.6) is 0 Å². The zero-order chi connectivity index (χ0) is 12.4. The van der Waals surface area contributed by atoms with E-state index in [4.69, 9.17) is 10.4 Å². The number of carboxylic acid groups (broad SMARTS) is 1. The third kappa shape index (κ3) is 9.00. The minimum Gasteiger partial charge on any atom is -0.481 e. The number of hydrogen-bond donors (Lipinski definition) is 2. The van der Waals surface area contributed by atoms with Crippen LogP contribution in [0, 0.1) is 17.2 Å². The molecule has 5 nitrogen and oxygen atoms in total. The van der Waals surface area contributed by atoms with Crippen molar-refractivity contribution < 1.29 is 14.7 Å². The Kier molecular flexibility index (Phi) is 7.86. The molecule has 0 aromatic heterocycles. The van der Waals surface area contributed by atoms with Crippen LogP contribution in [-0.4, -0.2) is 23.5 Å². The summed E-state index contributed by atoms with van der Waals surface area (Å²) in [5.41, 5.74) is 0. The van der Waals surface area contributed by atoms with Crippen molar-refractivity contribution in [2.45, 2.75) is 39.0 Å². The molecule has 90 valence electrons. The number of carbonyl (C=O) groups is 2. The van der Waals surface area contributed by atoms with Gasteiger partial charge in [-0.15, -0.1) is 0 Å². The van der Waals surface area contributed by atoms with Crippen LogP contribution >= 0.6 is 0 Å². The van der Waals surface area contributed by atoms with Crippen LogP contribution in [0.4, 0.5) is 0 Å². The first-order valence-corrected chi connectivity index (χ1v) is 5.41. The molecule has 0 aliphatic rings. The molecule has 2 N–H and O–H groups in total. The molecule has 0 radical (unpaired) electrons. The van der Waals surface area contributed by atoms with Gasteiger partial charge in [-0.1, -0.05) is 6.92 Å². The highest BCUT2D eigenvalue weighted by Gasteiger charge is 2.11. The van der Waals surface area contributed by atoms with Gasteiger partial charge >= 0.3 is 5.97 Å². The molecule has 0 saturated heterocycles. The summed E-state index contributed by atoms with van der Waals surface area (Å²) in [6, 6.07) is 2.03. The smallest absolute Gasteiger partial charge is 0.303 e. The number of unbranched alkanes of at least 4 members (excludes halogenated alkanes) is 2. The van der Waals surface area contributed by atoms with Crippen molar-refractivity contribution in [2.75, 3.05) is 6.54 Å². The van der Waals surface area contributed by atoms with Gasteiger partial charge in [0, 0.05) is 25.8 Å². The van der Waals surface area contributed by atoms with E-state index in [1.807, 2.05) is 6.07 Å². The number of nitrogens with one attached hydrogen (secondary N) is 1. The van der Waals surface area contributed by atoms with E-state index in [2.05, 4.69) is 5.32 Å². The van der Waals surface area contributed by atoms with Crippen LogP contribution in [0.15, 0.2) is 0 Å². The van der Waals surface area contributed by atoms with E-state index in [9.17, 15) is 9.59 Å². The molecule has 5 heteroatoms. The number of amides is 1. The molecule has 1 atom stereocenters. The number of aliphatic carboxylic acids is 1. The first-order chi connectivity index (χ1) is 7.56. The summed E-state index contributed by atoms with van der Waals surface area (Å²) >= 11 is 0. The standard InChI is InChI=1S/C11H18N2O3/c1-9(8-11(15)16)7-10(14)13-6-4-2-3-5-12/h9H,2-4,6-8H2,1H3,(H,13,14)(H,15,16). The highest BCUT2D eigenvalue weighted by atomic mass is 16.4. The summed E-state index contributed by atoms with van der Waals surface area (Å²) in [6.45, 7) is 2.30. The number of hydrogen-bond acceptors (Lipinski definition) is 3. The van der Waals surface area contributed by atoms with Crippen molar-refractivity contribution in [1.82, 2.24) is 5.32 Å². The molecule has 0 saturated carbocycles. The maximum atomic E-state index is 11.3. The predicted octanol–water partition coefficient (Wildman–Crippen LogP) is 1.30. The average Bonchev–Trinajstić information content (AvgIpc) is 2.15. The van der Waals surface area contributed by atoms with Crippen molar-refractivity contribution in [1.29, 1.82) is 5.26 Å². The van der Waals surface area contributed by atoms with Crippen LogP contribution in [0.2, 0.25) is 0 Å². The van der Waals surface area contributed by atoms with Crippen LogP contribution < -0.4 is 5.32 Å². The van der Waals surface area contributed by atoms with Crippen molar-refractivity contribution in [3.63, 3.8) is 0 Å². The van der Waals surface area contributed by atoms with Gasteiger partial charge in [-0.25, -0.2) is 0 Å². The van der Waals surface area contributed by atoms with Gasteiger partial charge in [0.15, 0.2) is 0 Å². The normalized spacial score (nSPS) is 11.5. The second-order valence-corrected chi connectivity index (χ2v) is 3.87. The lowest BCUT2D eigenvalue weighted by Crippen LogP contribution is -2.26. The van der Waals surface area contributed by atoms with E-state index in [0.29, 0.717) is 13.0 Å². The van der Waals surface area contributed by atoms with Gasteiger partial charge in [0.2, 0.25) is 5.91 Å². The molecule has 1 unspecified atom stereocenters. The summed E-state index contributed by atoms with van der Waals surface area (Å²) in [6.07, 6.45) is 2.33. The van der Waals surface area contributed by atoms with E-state index >= 15 is 0 Å². The van der Waals surface area contributed by atoms with Gasteiger partial charge in [-0.3, -0.25) is 9.59 Å². The molecule has 0 aliphatic carbocycles. The Morgan fingerprint density at radius 2 is 2.06 bits per heavy atom. The molecule has 0 aromatic rings. The molecular formula is C11H18N2O3. The maximum absolute atomic E-state index is 11.3. The number of nitriles is 1. The highest BCUT2D eigenvalue weighted by Crippen LogP contribution is 2.06. The molecule has 0 aliphatic heterocycles. The predicted molar refractivity (Wildman–Crippen MR) is 58.5 cm³/mol. The third-order valence-electron chi connectivity index (χ3n) is 2.09. The lowest BCUT2D eigenvalue weighted by atomic mass is 10.0. The lowest BCUT2D eigenvalue weighted by Gasteiger charge is -2.08. The largest absolute Gasteiger partial charge is 0.481 e. The number of nitrogens with zero attached hydrogens (tertiary/aromatic N) is 1. The molecule has 16 heavy (non-hydrogen) atoms. The van der Waals surface area contributed by atoms with E-state index in [-0.39, 0.29) is 24.7 Å². The quantitative estimate of drug-likeness (QED) is 0.610. The zero-order valence-electron chi connectivity index (χ0n) is 9.53. The minimum atomic E-state index is -0.880. The summed E-state index contributed by atoms with van der Waals surface area (Å²) < 4.78 is 0. The molecule has 0 fully saturated rings. The third-order valence-corrected chi connectivity index (χ3v) is 2.09. The minimum absolute atomic E-state index is 0.0157. The summed E-state index contributed by atoms with van der Waals surface area (Å²) in [5, 5.41) is 19.5. The summed E-state index contributed by atoms with van der Waals surface area (Å²) in [4.78, 5) is 21.7. The fourth-order valence-electron chi connectivity index (χ4n) is 1.32. The molecule has 0 spiro atoms. The zero-order valence-corrected chi connectivity index (χ0v) is 9.53. The Morgan fingerprint density at radius 1 is 1.38 bits per heavy atom. The van der Waals surface area contributed by atoms with E-state index in [1.54, 1.807) is 6.92 Å². The number of rotatable bonds is 8. The van der Waals surface area contributed by atoms with Crippen LogP contribution in [0.3, 0.4) is 0 Å². The Bertz CT molecular complexity index is 271. The van der Waals surface area contributed by atoms with Crippen LogP contribution in [-0.2, 0) is 9.59 Å². The molecule has 1 amide bonds. The van der Waals surface area contributed by atoms with Gasteiger partial charge in [-0.2, -0.15) is 5.26 Å². The summed E-state index contributed by atoms with van der Waals surface area (Å²) in [7, 11) is 0. The second-order valence-electron chi connectivity index (χ2n) is 3.87. The molecule has 0 rings (SSSR count). The van der Waals surface area contributed by atoms with Crippen molar-refractivity contribution in [2.24, 2.45) is 5.92 Å². The van der Waals surface area contributed by atoms with E-state index < -0.39 is 5.97 Å². The Balaban J connectivity index is 3.51. The fourth-order valence-corrected chi connectivity index (χ4v) is 1.32. The monoisotopic (exact) mass is 226 g/mol. The lowest BCUT2D eigenvalue weighted by molar-refractivity contribution is -0.138. The van der Waals surface area contributed by atoms with Gasteiger partial charge in [0.1, 0.15) is 0 Å². The first-order valence-electron chi connectivity index (χ1n) is 5.41. The topological polar surface area (TPSA) is 90.2 Å². The Labute approximate surface area is 95.4 Å². The summed E-state index contributed by atoms with van der Waals surface area (Å²) in [5.74, 6) is -1.14. The van der Waals surface area contributed by atoms with Crippen molar-refractivity contribution in [3.8, 4) is 6.07 Å².